The lowest BCUT2D eigenvalue weighted by atomic mass is 10.0. The summed E-state index contributed by atoms with van der Waals surface area (Å²) in [6.45, 7) is 5.37. The molecule has 24 heavy (non-hydrogen) atoms. The summed E-state index contributed by atoms with van der Waals surface area (Å²) in [4.78, 5) is 18.4. The Hall–Kier alpha value is -1.92. The van der Waals surface area contributed by atoms with Crippen molar-refractivity contribution < 1.29 is 4.79 Å². The van der Waals surface area contributed by atoms with Crippen LogP contribution in [-0.4, -0.2) is 45.2 Å². The number of nitrogens with zero attached hydrogens (tertiary/aromatic N) is 4. The van der Waals surface area contributed by atoms with Gasteiger partial charge < -0.3 is 10.6 Å². The van der Waals surface area contributed by atoms with Gasteiger partial charge in [0.15, 0.2) is 0 Å². The second kappa shape index (κ2) is 9.39. The molecule has 7 heteroatoms. The molecule has 1 atom stereocenters. The van der Waals surface area contributed by atoms with E-state index < -0.39 is 0 Å². The normalized spacial score (nSPS) is 11.9. The van der Waals surface area contributed by atoms with Crippen LogP contribution < -0.4 is 5.73 Å². The number of hydrogen-bond donors (Lipinski definition) is 1. The highest BCUT2D eigenvalue weighted by Gasteiger charge is 2.17. The van der Waals surface area contributed by atoms with Crippen molar-refractivity contribution in [2.75, 3.05) is 13.6 Å². The zero-order valence-corrected chi connectivity index (χ0v) is 15.2. The van der Waals surface area contributed by atoms with Crippen LogP contribution in [0.25, 0.3) is 0 Å². The van der Waals surface area contributed by atoms with Crippen LogP contribution in [0.3, 0.4) is 0 Å². The lowest BCUT2D eigenvalue weighted by molar-refractivity contribution is 0.0788. The van der Waals surface area contributed by atoms with Crippen LogP contribution in [0.4, 0.5) is 0 Å². The van der Waals surface area contributed by atoms with Crippen molar-refractivity contribution in [3.05, 3.63) is 48.0 Å². The molecule has 0 bridgehead atoms. The summed E-state index contributed by atoms with van der Waals surface area (Å²) in [6, 6.07) is 7.72. The monoisotopic (exact) mass is 351 g/mol. The van der Waals surface area contributed by atoms with E-state index in [-0.39, 0.29) is 24.4 Å². The number of aromatic nitrogens is 3. The molecule has 0 aliphatic carbocycles. The molecule has 0 fully saturated rings. The van der Waals surface area contributed by atoms with Crippen molar-refractivity contribution in [1.29, 1.82) is 0 Å². The first-order valence-electron chi connectivity index (χ1n) is 7.90. The van der Waals surface area contributed by atoms with E-state index in [0.717, 1.165) is 12.0 Å². The van der Waals surface area contributed by atoms with E-state index in [1.165, 1.54) is 6.33 Å². The van der Waals surface area contributed by atoms with E-state index in [1.807, 2.05) is 31.3 Å². The number of benzene rings is 1. The largest absolute Gasteiger partial charge is 0.342 e. The van der Waals surface area contributed by atoms with Crippen LogP contribution in [0.5, 0.6) is 0 Å². The highest BCUT2D eigenvalue weighted by atomic mass is 35.5. The van der Waals surface area contributed by atoms with E-state index in [4.69, 9.17) is 5.73 Å². The van der Waals surface area contributed by atoms with Crippen LogP contribution >= 0.6 is 12.4 Å². The molecule has 132 valence electrons. The highest BCUT2D eigenvalue weighted by molar-refractivity contribution is 5.95. The van der Waals surface area contributed by atoms with Crippen molar-refractivity contribution in [2.45, 2.75) is 32.9 Å². The maximum atomic E-state index is 12.7. The molecule has 1 heterocycles. The van der Waals surface area contributed by atoms with Crippen molar-refractivity contribution in [3.8, 4) is 0 Å². The van der Waals surface area contributed by atoms with Gasteiger partial charge in [-0.2, -0.15) is 5.10 Å². The van der Waals surface area contributed by atoms with Crippen molar-refractivity contribution in [1.82, 2.24) is 19.7 Å². The summed E-state index contributed by atoms with van der Waals surface area (Å²) in [7, 11) is 1.82. The van der Waals surface area contributed by atoms with E-state index in [9.17, 15) is 4.79 Å². The Morgan fingerprint density at radius 1 is 1.33 bits per heavy atom. The van der Waals surface area contributed by atoms with Gasteiger partial charge in [0.1, 0.15) is 12.7 Å². The van der Waals surface area contributed by atoms with Gasteiger partial charge in [0, 0.05) is 25.2 Å². The van der Waals surface area contributed by atoms with Gasteiger partial charge in [0.2, 0.25) is 0 Å². The minimum atomic E-state index is 0. The summed E-state index contributed by atoms with van der Waals surface area (Å²) in [5.74, 6) is 0.426. The Kier molecular flexibility index (Phi) is 7.88. The third kappa shape index (κ3) is 5.32. The molecule has 1 amide bonds. The first-order valence-corrected chi connectivity index (χ1v) is 7.90. The molecule has 1 unspecified atom stereocenters. The Balaban J connectivity index is 0.00000288. The van der Waals surface area contributed by atoms with Crippen LogP contribution in [0.1, 0.15) is 36.2 Å². The molecule has 0 saturated carbocycles. The van der Waals surface area contributed by atoms with Crippen molar-refractivity contribution in [3.63, 3.8) is 0 Å². The molecule has 0 radical (unpaired) electrons. The standard InChI is InChI=1S/C17H25N5O.ClH/c1-13(2)16(18)8-9-21(3)17(23)15-7-5-4-6-14(15)10-22-12-19-11-20-22;/h4-7,11-13,16H,8-10,18H2,1-3H3;1H. The number of hydrogen-bond acceptors (Lipinski definition) is 4. The predicted octanol–water partition coefficient (Wildman–Crippen LogP) is 2.19. The zero-order chi connectivity index (χ0) is 16.8. The molecule has 1 aromatic heterocycles. The molecular weight excluding hydrogens is 326 g/mol. The molecule has 6 nitrogen and oxygen atoms in total. The molecule has 0 aliphatic heterocycles. The van der Waals surface area contributed by atoms with Crippen molar-refractivity contribution in [2.24, 2.45) is 11.7 Å². The average molecular weight is 352 g/mol. The van der Waals surface area contributed by atoms with Crippen LogP contribution in [0.2, 0.25) is 0 Å². The second-order valence-electron chi connectivity index (χ2n) is 6.17. The number of rotatable bonds is 7. The van der Waals surface area contributed by atoms with E-state index in [2.05, 4.69) is 23.9 Å². The Bertz CT molecular complexity index is 630. The van der Waals surface area contributed by atoms with Crippen LogP contribution in [0.15, 0.2) is 36.9 Å². The van der Waals surface area contributed by atoms with Gasteiger partial charge in [-0.15, -0.1) is 12.4 Å². The summed E-state index contributed by atoms with van der Waals surface area (Å²) in [5, 5.41) is 4.10. The fraction of sp³-hybridized carbons (Fsp3) is 0.471. The number of amides is 1. The Morgan fingerprint density at radius 2 is 2.04 bits per heavy atom. The summed E-state index contributed by atoms with van der Waals surface area (Å²) < 4.78 is 1.71. The Morgan fingerprint density at radius 3 is 2.67 bits per heavy atom. The predicted molar refractivity (Wildman–Crippen MR) is 97.2 cm³/mol. The second-order valence-corrected chi connectivity index (χ2v) is 6.17. The first-order chi connectivity index (χ1) is 11.0. The van der Waals surface area contributed by atoms with Gasteiger partial charge >= 0.3 is 0 Å². The quantitative estimate of drug-likeness (QED) is 0.829. The first kappa shape index (κ1) is 20.1. The molecule has 2 aromatic rings. The maximum Gasteiger partial charge on any atom is 0.253 e. The number of nitrogens with two attached hydrogens (primary N) is 1. The molecule has 0 spiro atoms. The fourth-order valence-electron chi connectivity index (χ4n) is 2.34. The smallest absolute Gasteiger partial charge is 0.253 e. The van der Waals surface area contributed by atoms with E-state index >= 15 is 0 Å². The number of carbonyl (C=O) groups excluding carboxylic acids is 1. The summed E-state index contributed by atoms with van der Waals surface area (Å²) >= 11 is 0. The van der Waals surface area contributed by atoms with Gasteiger partial charge in [-0.05, 0) is 24.0 Å². The molecule has 2 rings (SSSR count). The van der Waals surface area contributed by atoms with Crippen LogP contribution in [-0.2, 0) is 6.54 Å². The third-order valence-electron chi connectivity index (χ3n) is 4.05. The van der Waals surface area contributed by atoms with E-state index in [0.29, 0.717) is 24.6 Å². The minimum absolute atomic E-state index is 0. The lowest BCUT2D eigenvalue weighted by Crippen LogP contribution is -2.35. The highest BCUT2D eigenvalue weighted by Crippen LogP contribution is 2.13. The SMILES string of the molecule is CC(C)C(N)CCN(C)C(=O)c1ccccc1Cn1cncn1.Cl. The molecular formula is C17H26ClN5O. The van der Waals surface area contributed by atoms with Gasteiger partial charge in [-0.1, -0.05) is 32.0 Å². The van der Waals surface area contributed by atoms with Gasteiger partial charge in [0.05, 0.1) is 6.54 Å². The Labute approximate surface area is 149 Å². The maximum absolute atomic E-state index is 12.7. The fourth-order valence-corrected chi connectivity index (χ4v) is 2.34. The summed E-state index contributed by atoms with van der Waals surface area (Å²) in [5.41, 5.74) is 7.70. The molecule has 0 saturated heterocycles. The molecule has 1 aromatic carbocycles. The van der Waals surface area contributed by atoms with Gasteiger partial charge in [-0.3, -0.25) is 4.79 Å². The van der Waals surface area contributed by atoms with Gasteiger partial charge in [-0.25, -0.2) is 9.67 Å². The minimum Gasteiger partial charge on any atom is -0.342 e. The summed E-state index contributed by atoms with van der Waals surface area (Å²) in [6.07, 6.45) is 3.93. The zero-order valence-electron chi connectivity index (χ0n) is 14.4. The molecule has 0 aliphatic rings. The van der Waals surface area contributed by atoms with E-state index in [1.54, 1.807) is 15.9 Å². The van der Waals surface area contributed by atoms with Gasteiger partial charge in [0.25, 0.3) is 5.91 Å². The third-order valence-corrected chi connectivity index (χ3v) is 4.05. The average Bonchev–Trinajstić information content (AvgIpc) is 3.05. The number of halogens is 1. The van der Waals surface area contributed by atoms with Crippen molar-refractivity contribution >= 4 is 18.3 Å². The molecule has 2 N–H and O–H groups in total. The number of carbonyl (C=O) groups is 1. The topological polar surface area (TPSA) is 77.0 Å². The van der Waals surface area contributed by atoms with Crippen LogP contribution in [0, 0.1) is 5.92 Å². The lowest BCUT2D eigenvalue weighted by Gasteiger charge is -2.22.